The number of aliphatic carboxylic acids is 1. The smallest absolute Gasteiger partial charge is 0.326 e. The Morgan fingerprint density at radius 1 is 1.39 bits per heavy atom. The van der Waals surface area contributed by atoms with Crippen molar-refractivity contribution in [2.75, 3.05) is 6.54 Å². The van der Waals surface area contributed by atoms with Crippen LogP contribution in [0.4, 0.5) is 4.79 Å². The average molecular weight is 257 g/mol. The van der Waals surface area contributed by atoms with E-state index < -0.39 is 30.0 Å². The number of urea groups is 1. The van der Waals surface area contributed by atoms with Crippen LogP contribution in [0, 0.1) is 5.92 Å². The second-order valence-electron chi connectivity index (χ2n) is 4.76. The van der Waals surface area contributed by atoms with Gasteiger partial charge in [-0.25, -0.2) is 9.59 Å². The van der Waals surface area contributed by atoms with Crippen molar-refractivity contribution in [2.24, 2.45) is 11.7 Å². The van der Waals surface area contributed by atoms with Crippen molar-refractivity contribution in [1.82, 2.24) is 10.2 Å². The Balaban J connectivity index is 2.69. The van der Waals surface area contributed by atoms with Gasteiger partial charge in [0.2, 0.25) is 5.91 Å². The quantitative estimate of drug-likeness (QED) is 0.644. The van der Waals surface area contributed by atoms with E-state index >= 15 is 0 Å². The summed E-state index contributed by atoms with van der Waals surface area (Å²) in [6.07, 6.45) is 1.08. The van der Waals surface area contributed by atoms with Crippen molar-refractivity contribution >= 4 is 17.9 Å². The van der Waals surface area contributed by atoms with E-state index in [1.165, 1.54) is 4.90 Å². The number of carboxylic acids is 1. The molecule has 1 aliphatic heterocycles. The molecule has 0 radical (unpaired) electrons. The normalized spacial score (nSPS) is 20.8. The Labute approximate surface area is 105 Å². The fraction of sp³-hybridized carbons (Fsp3) is 0.727. The molecule has 3 amide bonds. The highest BCUT2D eigenvalue weighted by Gasteiger charge is 2.35. The summed E-state index contributed by atoms with van der Waals surface area (Å²) >= 11 is 0. The van der Waals surface area contributed by atoms with Crippen LogP contribution in [0.2, 0.25) is 0 Å². The molecule has 0 spiro atoms. The number of likely N-dealkylation sites (tertiary alicyclic amines) is 1. The molecule has 0 bridgehead atoms. The van der Waals surface area contributed by atoms with Gasteiger partial charge in [0.15, 0.2) is 0 Å². The predicted octanol–water partition coefficient (Wildman–Crippen LogP) is -0.245. The van der Waals surface area contributed by atoms with Crippen molar-refractivity contribution in [1.29, 1.82) is 0 Å². The first-order chi connectivity index (χ1) is 8.34. The van der Waals surface area contributed by atoms with Crippen LogP contribution in [0.3, 0.4) is 0 Å². The minimum absolute atomic E-state index is 0.141. The number of rotatable bonds is 4. The highest BCUT2D eigenvalue weighted by molar-refractivity contribution is 5.88. The molecule has 1 unspecified atom stereocenters. The fourth-order valence-corrected chi connectivity index (χ4v) is 2.05. The number of hydrogen-bond donors (Lipinski definition) is 3. The maximum Gasteiger partial charge on any atom is 0.326 e. The Morgan fingerprint density at radius 3 is 2.44 bits per heavy atom. The summed E-state index contributed by atoms with van der Waals surface area (Å²) in [4.78, 5) is 35.3. The number of primary amides is 1. The molecule has 102 valence electrons. The van der Waals surface area contributed by atoms with Crippen LogP contribution in [0.15, 0.2) is 0 Å². The third kappa shape index (κ3) is 3.12. The molecule has 1 heterocycles. The molecule has 1 aliphatic rings. The van der Waals surface area contributed by atoms with Gasteiger partial charge in [0.1, 0.15) is 12.1 Å². The number of carbonyl (C=O) groups is 3. The molecule has 0 saturated carbocycles. The summed E-state index contributed by atoms with van der Waals surface area (Å²) in [7, 11) is 0. The summed E-state index contributed by atoms with van der Waals surface area (Å²) in [5.41, 5.74) is 5.19. The van der Waals surface area contributed by atoms with Gasteiger partial charge in [0.05, 0.1) is 0 Å². The lowest BCUT2D eigenvalue weighted by molar-refractivity contribution is -0.141. The first-order valence-electron chi connectivity index (χ1n) is 5.93. The highest BCUT2D eigenvalue weighted by Crippen LogP contribution is 2.17. The number of amides is 3. The zero-order valence-electron chi connectivity index (χ0n) is 10.5. The van der Waals surface area contributed by atoms with Gasteiger partial charge < -0.3 is 21.1 Å². The Bertz CT molecular complexity index is 356. The van der Waals surface area contributed by atoms with Crippen LogP contribution in [0.25, 0.3) is 0 Å². The molecular formula is C11H19N3O4. The standard InChI is InChI=1S/C11H19N3O4/c1-6(2)8(9(12)15)13-11(18)14-5-3-4-7(14)10(16)17/h6-8H,3-5H2,1-2H3,(H2,12,15)(H,13,18)(H,16,17)/t7-,8?/m1/s1. The van der Waals surface area contributed by atoms with Gasteiger partial charge in [0.25, 0.3) is 0 Å². The maximum absolute atomic E-state index is 11.9. The predicted molar refractivity (Wildman–Crippen MR) is 63.7 cm³/mol. The SMILES string of the molecule is CC(C)C(NC(=O)N1CCC[C@@H]1C(=O)O)C(N)=O. The molecule has 2 atom stereocenters. The fourth-order valence-electron chi connectivity index (χ4n) is 2.05. The van der Waals surface area contributed by atoms with Crippen molar-refractivity contribution in [2.45, 2.75) is 38.8 Å². The molecule has 4 N–H and O–H groups in total. The molecule has 1 saturated heterocycles. The zero-order valence-corrected chi connectivity index (χ0v) is 10.5. The number of nitrogens with two attached hydrogens (primary N) is 1. The van der Waals surface area contributed by atoms with Crippen LogP contribution in [-0.2, 0) is 9.59 Å². The largest absolute Gasteiger partial charge is 0.480 e. The van der Waals surface area contributed by atoms with Gasteiger partial charge in [-0.15, -0.1) is 0 Å². The van der Waals surface area contributed by atoms with E-state index in [2.05, 4.69) is 5.32 Å². The topological polar surface area (TPSA) is 113 Å². The second-order valence-corrected chi connectivity index (χ2v) is 4.76. The molecular weight excluding hydrogens is 238 g/mol. The molecule has 7 heteroatoms. The number of nitrogens with zero attached hydrogens (tertiary/aromatic N) is 1. The van der Waals surface area contributed by atoms with Crippen molar-refractivity contribution in [3.05, 3.63) is 0 Å². The van der Waals surface area contributed by atoms with Gasteiger partial charge in [-0.05, 0) is 18.8 Å². The van der Waals surface area contributed by atoms with Crippen molar-refractivity contribution < 1.29 is 19.5 Å². The third-order valence-corrected chi connectivity index (χ3v) is 3.05. The molecule has 1 fully saturated rings. The van der Waals surface area contributed by atoms with E-state index in [1.807, 2.05) is 0 Å². The molecule has 0 aliphatic carbocycles. The van der Waals surface area contributed by atoms with E-state index in [1.54, 1.807) is 13.8 Å². The van der Waals surface area contributed by atoms with E-state index in [-0.39, 0.29) is 5.92 Å². The lowest BCUT2D eigenvalue weighted by atomic mass is 10.0. The monoisotopic (exact) mass is 257 g/mol. The average Bonchev–Trinajstić information content (AvgIpc) is 2.73. The summed E-state index contributed by atoms with van der Waals surface area (Å²) in [5, 5.41) is 11.5. The Kier molecular flexibility index (Phi) is 4.52. The van der Waals surface area contributed by atoms with Crippen molar-refractivity contribution in [3.63, 3.8) is 0 Å². The maximum atomic E-state index is 11.9. The van der Waals surface area contributed by atoms with Gasteiger partial charge in [-0.2, -0.15) is 0 Å². The number of carbonyl (C=O) groups excluding carboxylic acids is 2. The molecule has 1 rings (SSSR count). The summed E-state index contributed by atoms with van der Waals surface area (Å²) in [5.74, 6) is -1.79. The summed E-state index contributed by atoms with van der Waals surface area (Å²) in [6, 6.07) is -2.14. The number of hydrogen-bond acceptors (Lipinski definition) is 3. The second kappa shape index (κ2) is 5.70. The van der Waals surface area contributed by atoms with Crippen LogP contribution in [0.1, 0.15) is 26.7 Å². The van der Waals surface area contributed by atoms with Gasteiger partial charge in [-0.1, -0.05) is 13.8 Å². The lowest BCUT2D eigenvalue weighted by Gasteiger charge is -2.26. The molecule has 0 aromatic heterocycles. The minimum atomic E-state index is -1.03. The summed E-state index contributed by atoms with van der Waals surface area (Å²) < 4.78 is 0. The molecule has 0 aromatic rings. The van der Waals surface area contributed by atoms with Gasteiger partial charge in [0, 0.05) is 6.54 Å². The van der Waals surface area contributed by atoms with E-state index in [4.69, 9.17) is 10.8 Å². The number of carboxylic acid groups (broad SMARTS) is 1. The summed E-state index contributed by atoms with van der Waals surface area (Å²) in [6.45, 7) is 3.90. The van der Waals surface area contributed by atoms with E-state index in [0.29, 0.717) is 19.4 Å². The lowest BCUT2D eigenvalue weighted by Crippen LogP contribution is -2.54. The minimum Gasteiger partial charge on any atom is -0.480 e. The van der Waals surface area contributed by atoms with Crippen LogP contribution in [0.5, 0.6) is 0 Å². The molecule has 18 heavy (non-hydrogen) atoms. The highest BCUT2D eigenvalue weighted by atomic mass is 16.4. The Hall–Kier alpha value is -1.79. The molecule has 0 aromatic carbocycles. The molecule has 7 nitrogen and oxygen atoms in total. The number of nitrogens with one attached hydrogen (secondary N) is 1. The zero-order chi connectivity index (χ0) is 13.9. The van der Waals surface area contributed by atoms with Crippen LogP contribution >= 0.6 is 0 Å². The first kappa shape index (κ1) is 14.3. The Morgan fingerprint density at radius 2 is 2.00 bits per heavy atom. The van der Waals surface area contributed by atoms with Gasteiger partial charge in [-0.3, -0.25) is 4.79 Å². The first-order valence-corrected chi connectivity index (χ1v) is 5.93. The van der Waals surface area contributed by atoms with Crippen molar-refractivity contribution in [3.8, 4) is 0 Å². The van der Waals surface area contributed by atoms with Crippen LogP contribution in [-0.4, -0.2) is 46.5 Å². The van der Waals surface area contributed by atoms with Crippen LogP contribution < -0.4 is 11.1 Å². The van der Waals surface area contributed by atoms with E-state index in [9.17, 15) is 14.4 Å². The van der Waals surface area contributed by atoms with Gasteiger partial charge >= 0.3 is 12.0 Å². The third-order valence-electron chi connectivity index (χ3n) is 3.05. The van der Waals surface area contributed by atoms with E-state index in [0.717, 1.165) is 0 Å².